The summed E-state index contributed by atoms with van der Waals surface area (Å²) in [6, 6.07) is 1.35. The number of halogens is 1. The minimum Gasteiger partial charge on any atom is -0.459 e. The Morgan fingerprint density at radius 2 is 2.12 bits per heavy atom. The summed E-state index contributed by atoms with van der Waals surface area (Å²) in [5, 5.41) is 0. The Balaban J connectivity index is 2.00. The number of ether oxygens (including phenoxy) is 1. The van der Waals surface area contributed by atoms with Crippen LogP contribution in [0.15, 0.2) is 18.5 Å². The predicted molar refractivity (Wildman–Crippen MR) is 56.5 cm³/mol. The van der Waals surface area contributed by atoms with Crippen LogP contribution in [0.25, 0.3) is 0 Å². The third-order valence-corrected chi connectivity index (χ3v) is 2.82. The number of pyridine rings is 1. The average Bonchev–Trinajstić information content (AvgIpc) is 2.31. The number of rotatable bonds is 2. The lowest BCUT2D eigenvalue weighted by Gasteiger charge is -2.21. The number of esters is 1. The first kappa shape index (κ1) is 11.0. The minimum absolute atomic E-state index is 0.0272. The molecule has 1 heterocycles. The molecule has 3 nitrogen and oxygen atoms in total. The van der Waals surface area contributed by atoms with Crippen LogP contribution in [0, 0.1) is 5.82 Å². The molecule has 0 aliphatic heterocycles. The zero-order chi connectivity index (χ0) is 11.4. The fourth-order valence-corrected chi connectivity index (χ4v) is 1.94. The molecule has 0 amide bonds. The Labute approximate surface area is 93.6 Å². The summed E-state index contributed by atoms with van der Waals surface area (Å²) in [5.41, 5.74) is -0.0272. The van der Waals surface area contributed by atoms with Gasteiger partial charge in [-0.25, -0.2) is 9.18 Å². The number of hydrogen-bond donors (Lipinski definition) is 0. The molecule has 4 heteroatoms. The number of hydrogen-bond acceptors (Lipinski definition) is 3. The SMILES string of the molecule is O=C(OC1CCCCC1)c1ccncc1F. The van der Waals surface area contributed by atoms with Crippen molar-refractivity contribution >= 4 is 5.97 Å². The number of nitrogens with zero attached hydrogens (tertiary/aromatic N) is 1. The van der Waals surface area contributed by atoms with Gasteiger partial charge in [0.15, 0.2) is 5.82 Å². The van der Waals surface area contributed by atoms with Gasteiger partial charge in [-0.3, -0.25) is 4.98 Å². The van der Waals surface area contributed by atoms with Gasteiger partial charge in [0, 0.05) is 6.20 Å². The van der Waals surface area contributed by atoms with Gasteiger partial charge in [0.25, 0.3) is 0 Å². The topological polar surface area (TPSA) is 39.2 Å². The molecule has 1 saturated carbocycles. The van der Waals surface area contributed by atoms with Crippen LogP contribution >= 0.6 is 0 Å². The van der Waals surface area contributed by atoms with Gasteiger partial charge >= 0.3 is 5.97 Å². The first-order valence-corrected chi connectivity index (χ1v) is 5.58. The maximum absolute atomic E-state index is 13.2. The number of aromatic nitrogens is 1. The molecule has 86 valence electrons. The van der Waals surface area contributed by atoms with Crippen molar-refractivity contribution in [1.82, 2.24) is 4.98 Å². The summed E-state index contributed by atoms with van der Waals surface area (Å²) in [7, 11) is 0. The predicted octanol–water partition coefficient (Wildman–Crippen LogP) is 2.71. The van der Waals surface area contributed by atoms with Crippen LogP contribution in [-0.2, 0) is 4.74 Å². The minimum atomic E-state index is -0.622. The van der Waals surface area contributed by atoms with Crippen LogP contribution in [0.5, 0.6) is 0 Å². The van der Waals surface area contributed by atoms with Gasteiger partial charge in [-0.15, -0.1) is 0 Å². The molecule has 1 fully saturated rings. The summed E-state index contributed by atoms with van der Waals surface area (Å²) >= 11 is 0. The highest BCUT2D eigenvalue weighted by Crippen LogP contribution is 2.21. The quantitative estimate of drug-likeness (QED) is 0.723. The third kappa shape index (κ3) is 2.56. The van der Waals surface area contributed by atoms with E-state index in [4.69, 9.17) is 4.74 Å². The number of carbonyl (C=O) groups excluding carboxylic acids is 1. The van der Waals surface area contributed by atoms with E-state index in [1.807, 2.05) is 0 Å². The van der Waals surface area contributed by atoms with Gasteiger partial charge in [-0.05, 0) is 31.7 Å². The fraction of sp³-hybridized carbons (Fsp3) is 0.500. The molecular formula is C12H14FNO2. The van der Waals surface area contributed by atoms with E-state index in [1.165, 1.54) is 18.7 Å². The highest BCUT2D eigenvalue weighted by atomic mass is 19.1. The van der Waals surface area contributed by atoms with Crippen molar-refractivity contribution in [1.29, 1.82) is 0 Å². The van der Waals surface area contributed by atoms with Gasteiger partial charge in [-0.1, -0.05) is 6.42 Å². The van der Waals surface area contributed by atoms with E-state index in [9.17, 15) is 9.18 Å². The van der Waals surface area contributed by atoms with E-state index < -0.39 is 11.8 Å². The van der Waals surface area contributed by atoms with Gasteiger partial charge < -0.3 is 4.74 Å². The van der Waals surface area contributed by atoms with Gasteiger partial charge in [0.2, 0.25) is 0 Å². The maximum atomic E-state index is 13.2. The molecule has 0 saturated heterocycles. The van der Waals surface area contributed by atoms with E-state index in [2.05, 4.69) is 4.98 Å². The monoisotopic (exact) mass is 223 g/mol. The third-order valence-electron chi connectivity index (χ3n) is 2.82. The van der Waals surface area contributed by atoms with Crippen molar-refractivity contribution in [3.8, 4) is 0 Å². The zero-order valence-electron chi connectivity index (χ0n) is 8.99. The summed E-state index contributed by atoms with van der Waals surface area (Å²) in [4.78, 5) is 15.2. The highest BCUT2D eigenvalue weighted by Gasteiger charge is 2.20. The Kier molecular flexibility index (Phi) is 3.49. The van der Waals surface area contributed by atoms with Gasteiger partial charge in [0.1, 0.15) is 6.10 Å². The fourth-order valence-electron chi connectivity index (χ4n) is 1.94. The highest BCUT2D eigenvalue weighted by molar-refractivity contribution is 5.89. The van der Waals surface area contributed by atoms with Gasteiger partial charge in [-0.2, -0.15) is 0 Å². The molecule has 0 aromatic carbocycles. The normalized spacial score (nSPS) is 17.1. The van der Waals surface area contributed by atoms with Crippen molar-refractivity contribution in [2.75, 3.05) is 0 Å². The van der Waals surface area contributed by atoms with Crippen molar-refractivity contribution in [3.05, 3.63) is 29.8 Å². The van der Waals surface area contributed by atoms with Crippen LogP contribution in [0.2, 0.25) is 0 Å². The van der Waals surface area contributed by atoms with Crippen LogP contribution in [0.3, 0.4) is 0 Å². The molecule has 1 aromatic heterocycles. The summed E-state index contributed by atoms with van der Waals surface area (Å²) in [6.07, 6.45) is 7.49. The van der Waals surface area contributed by atoms with Gasteiger partial charge in [0.05, 0.1) is 11.8 Å². The molecule has 0 atom stereocenters. The molecule has 0 N–H and O–H groups in total. The van der Waals surface area contributed by atoms with E-state index >= 15 is 0 Å². The Hall–Kier alpha value is -1.45. The second-order valence-electron chi connectivity index (χ2n) is 4.02. The molecule has 0 unspecified atom stereocenters. The largest absolute Gasteiger partial charge is 0.459 e. The van der Waals surface area contributed by atoms with Crippen LogP contribution < -0.4 is 0 Å². The van der Waals surface area contributed by atoms with Crippen molar-refractivity contribution in [2.45, 2.75) is 38.2 Å². The average molecular weight is 223 g/mol. The second-order valence-corrected chi connectivity index (χ2v) is 4.02. The molecule has 2 rings (SSSR count). The Morgan fingerprint density at radius 3 is 2.81 bits per heavy atom. The molecule has 16 heavy (non-hydrogen) atoms. The molecule has 1 aliphatic rings. The van der Waals surface area contributed by atoms with Crippen molar-refractivity contribution in [3.63, 3.8) is 0 Å². The number of carbonyl (C=O) groups is 1. The Bertz CT molecular complexity index is 375. The maximum Gasteiger partial charge on any atom is 0.341 e. The first-order valence-electron chi connectivity index (χ1n) is 5.58. The van der Waals surface area contributed by atoms with Crippen LogP contribution in [0.1, 0.15) is 42.5 Å². The molecule has 1 aromatic rings. The molecule has 0 radical (unpaired) electrons. The van der Waals surface area contributed by atoms with E-state index in [0.717, 1.165) is 31.9 Å². The summed E-state index contributed by atoms with van der Waals surface area (Å²) < 4.78 is 18.5. The van der Waals surface area contributed by atoms with Crippen LogP contribution in [-0.4, -0.2) is 17.1 Å². The van der Waals surface area contributed by atoms with E-state index in [1.54, 1.807) is 0 Å². The lowest BCUT2D eigenvalue weighted by atomic mass is 9.98. The van der Waals surface area contributed by atoms with Crippen molar-refractivity contribution < 1.29 is 13.9 Å². The molecular weight excluding hydrogens is 209 g/mol. The molecule has 0 bridgehead atoms. The summed E-state index contributed by atoms with van der Waals surface area (Å²) in [6.45, 7) is 0. The second kappa shape index (κ2) is 5.05. The van der Waals surface area contributed by atoms with Crippen molar-refractivity contribution in [2.24, 2.45) is 0 Å². The smallest absolute Gasteiger partial charge is 0.341 e. The zero-order valence-corrected chi connectivity index (χ0v) is 8.99. The first-order chi connectivity index (χ1) is 7.77. The Morgan fingerprint density at radius 1 is 1.38 bits per heavy atom. The standard InChI is InChI=1S/C12H14FNO2/c13-11-8-14-7-6-10(11)12(15)16-9-4-2-1-3-5-9/h6-9H,1-5H2. The lowest BCUT2D eigenvalue weighted by molar-refractivity contribution is 0.0206. The van der Waals surface area contributed by atoms with Crippen LogP contribution in [0.4, 0.5) is 4.39 Å². The lowest BCUT2D eigenvalue weighted by Crippen LogP contribution is -2.21. The van der Waals surface area contributed by atoms with E-state index in [-0.39, 0.29) is 11.7 Å². The van der Waals surface area contributed by atoms with E-state index in [0.29, 0.717) is 0 Å². The summed E-state index contributed by atoms with van der Waals surface area (Å²) in [5.74, 6) is -1.20. The molecule has 1 aliphatic carbocycles. The molecule has 0 spiro atoms.